The number of nitrogens with one attached hydrogen (secondary N) is 1. The molecule has 0 bridgehead atoms. The average molecular weight is 239 g/mol. The Hall–Kier alpha value is -0.610. The highest BCUT2D eigenvalue weighted by molar-refractivity contribution is 5.81. The Bertz CT molecular complexity index is 276. The first-order chi connectivity index (χ1) is 8.09. The normalized spacial score (nSPS) is 31.3. The Balaban J connectivity index is 1.93. The second-order valence-electron chi connectivity index (χ2n) is 5.65. The Kier molecular flexibility index (Phi) is 4.05. The number of nitrogens with two attached hydrogens (primary N) is 1. The molecule has 0 spiro atoms. The lowest BCUT2D eigenvalue weighted by Crippen LogP contribution is -2.55. The van der Waals surface area contributed by atoms with Crippen LogP contribution in [0.15, 0.2) is 0 Å². The third kappa shape index (κ3) is 3.19. The molecule has 4 nitrogen and oxygen atoms in total. The number of carbonyl (C=O) groups is 1. The molecule has 1 amide bonds. The van der Waals surface area contributed by atoms with Crippen LogP contribution in [-0.4, -0.2) is 42.0 Å². The summed E-state index contributed by atoms with van der Waals surface area (Å²) in [6.07, 6.45) is 7.45. The number of amides is 1. The molecular weight excluding hydrogens is 214 g/mol. The third-order valence-electron chi connectivity index (χ3n) is 4.12. The Morgan fingerprint density at radius 2 is 1.94 bits per heavy atom. The molecule has 2 aliphatic rings. The predicted molar refractivity (Wildman–Crippen MR) is 68.6 cm³/mol. The van der Waals surface area contributed by atoms with Crippen LogP contribution in [0, 0.1) is 0 Å². The Labute approximate surface area is 104 Å². The van der Waals surface area contributed by atoms with Gasteiger partial charge in [-0.2, -0.15) is 0 Å². The number of rotatable bonds is 4. The van der Waals surface area contributed by atoms with Gasteiger partial charge in [0.2, 0.25) is 5.91 Å². The molecule has 3 N–H and O–H groups in total. The molecule has 0 aliphatic heterocycles. The van der Waals surface area contributed by atoms with Gasteiger partial charge in [-0.1, -0.05) is 12.8 Å². The van der Waals surface area contributed by atoms with Gasteiger partial charge >= 0.3 is 0 Å². The molecule has 2 fully saturated rings. The van der Waals surface area contributed by atoms with E-state index in [-0.39, 0.29) is 5.91 Å². The molecule has 0 heterocycles. The molecule has 4 heteroatoms. The molecule has 3 atom stereocenters. The Morgan fingerprint density at radius 3 is 2.53 bits per heavy atom. The maximum absolute atomic E-state index is 11.7. The van der Waals surface area contributed by atoms with Crippen LogP contribution in [0.3, 0.4) is 0 Å². The van der Waals surface area contributed by atoms with Gasteiger partial charge in [-0.15, -0.1) is 0 Å². The van der Waals surface area contributed by atoms with E-state index in [0.717, 1.165) is 12.5 Å². The summed E-state index contributed by atoms with van der Waals surface area (Å²) in [5, 5.41) is 3.13. The SMILES string of the molecule is C[C@H](N)C(=O)N[C@@H]1CCCC[C@@H]1N(C)C1CC1. The van der Waals surface area contributed by atoms with E-state index in [0.29, 0.717) is 12.1 Å². The summed E-state index contributed by atoms with van der Waals surface area (Å²) < 4.78 is 0. The maximum atomic E-state index is 11.7. The van der Waals surface area contributed by atoms with E-state index in [4.69, 9.17) is 5.73 Å². The van der Waals surface area contributed by atoms with Crippen molar-refractivity contribution in [3.8, 4) is 0 Å². The second kappa shape index (κ2) is 5.36. The van der Waals surface area contributed by atoms with Gasteiger partial charge in [0, 0.05) is 18.1 Å². The number of carbonyl (C=O) groups excluding carboxylic acids is 1. The van der Waals surface area contributed by atoms with Crippen molar-refractivity contribution in [3.05, 3.63) is 0 Å². The lowest BCUT2D eigenvalue weighted by molar-refractivity contribution is -0.123. The molecule has 2 aliphatic carbocycles. The summed E-state index contributed by atoms with van der Waals surface area (Å²) in [5.74, 6) is -0.00824. The quantitative estimate of drug-likeness (QED) is 0.765. The average Bonchev–Trinajstić information content (AvgIpc) is 3.12. The highest BCUT2D eigenvalue weighted by Crippen LogP contribution is 2.32. The molecule has 0 aromatic carbocycles. The van der Waals surface area contributed by atoms with Crippen LogP contribution in [-0.2, 0) is 4.79 Å². The van der Waals surface area contributed by atoms with Gasteiger partial charge < -0.3 is 11.1 Å². The van der Waals surface area contributed by atoms with Crippen LogP contribution < -0.4 is 11.1 Å². The molecule has 17 heavy (non-hydrogen) atoms. The van der Waals surface area contributed by atoms with Crippen molar-refractivity contribution in [3.63, 3.8) is 0 Å². The van der Waals surface area contributed by atoms with E-state index in [1.807, 2.05) is 0 Å². The van der Waals surface area contributed by atoms with E-state index in [9.17, 15) is 4.79 Å². The number of hydrogen-bond acceptors (Lipinski definition) is 3. The van der Waals surface area contributed by atoms with Gasteiger partial charge in [0.05, 0.1) is 6.04 Å². The van der Waals surface area contributed by atoms with Gasteiger partial charge in [0.25, 0.3) is 0 Å². The summed E-state index contributed by atoms with van der Waals surface area (Å²) in [7, 11) is 2.21. The predicted octanol–water partition coefficient (Wildman–Crippen LogP) is 0.855. The zero-order valence-electron chi connectivity index (χ0n) is 11.0. The van der Waals surface area contributed by atoms with Crippen molar-refractivity contribution in [2.75, 3.05) is 7.05 Å². The molecule has 2 rings (SSSR count). The van der Waals surface area contributed by atoms with Gasteiger partial charge in [-0.25, -0.2) is 0 Å². The lowest BCUT2D eigenvalue weighted by atomic mass is 9.89. The minimum atomic E-state index is -0.399. The lowest BCUT2D eigenvalue weighted by Gasteiger charge is -2.38. The molecule has 0 radical (unpaired) electrons. The molecule has 0 saturated heterocycles. The van der Waals surface area contributed by atoms with Crippen molar-refractivity contribution < 1.29 is 4.79 Å². The van der Waals surface area contributed by atoms with Gasteiger partial charge in [0.1, 0.15) is 0 Å². The highest BCUT2D eigenvalue weighted by atomic mass is 16.2. The third-order valence-corrected chi connectivity index (χ3v) is 4.12. The number of likely N-dealkylation sites (N-methyl/N-ethyl adjacent to an activating group) is 1. The second-order valence-corrected chi connectivity index (χ2v) is 5.65. The van der Waals surface area contributed by atoms with Gasteiger partial charge in [-0.05, 0) is 39.7 Å². The Morgan fingerprint density at radius 1 is 1.29 bits per heavy atom. The van der Waals surface area contributed by atoms with Crippen LogP contribution in [0.4, 0.5) is 0 Å². The zero-order valence-corrected chi connectivity index (χ0v) is 11.0. The minimum absolute atomic E-state index is 0.00824. The first kappa shape index (κ1) is 12.8. The molecule has 98 valence electrons. The smallest absolute Gasteiger partial charge is 0.236 e. The van der Waals surface area contributed by atoms with Crippen molar-refractivity contribution in [1.82, 2.24) is 10.2 Å². The summed E-state index contributed by atoms with van der Waals surface area (Å²) in [6.45, 7) is 1.75. The van der Waals surface area contributed by atoms with Crippen LogP contribution in [0.2, 0.25) is 0 Å². The van der Waals surface area contributed by atoms with Crippen molar-refractivity contribution in [2.45, 2.75) is 69.6 Å². The largest absolute Gasteiger partial charge is 0.350 e. The summed E-state index contributed by atoms with van der Waals surface area (Å²) in [5.41, 5.74) is 5.62. The fourth-order valence-electron chi connectivity index (χ4n) is 2.83. The van der Waals surface area contributed by atoms with E-state index < -0.39 is 6.04 Å². The summed E-state index contributed by atoms with van der Waals surface area (Å²) >= 11 is 0. The zero-order chi connectivity index (χ0) is 12.4. The molecular formula is C13H25N3O. The summed E-state index contributed by atoms with van der Waals surface area (Å²) in [4.78, 5) is 14.2. The van der Waals surface area contributed by atoms with E-state index in [1.165, 1.54) is 32.1 Å². The maximum Gasteiger partial charge on any atom is 0.236 e. The first-order valence-corrected chi connectivity index (χ1v) is 6.87. The van der Waals surface area contributed by atoms with E-state index in [2.05, 4.69) is 17.3 Å². The van der Waals surface area contributed by atoms with Gasteiger partial charge in [0.15, 0.2) is 0 Å². The van der Waals surface area contributed by atoms with E-state index in [1.54, 1.807) is 6.92 Å². The van der Waals surface area contributed by atoms with Crippen molar-refractivity contribution in [2.24, 2.45) is 5.73 Å². The number of hydrogen-bond donors (Lipinski definition) is 2. The molecule has 2 saturated carbocycles. The van der Waals surface area contributed by atoms with Crippen molar-refractivity contribution >= 4 is 5.91 Å². The monoisotopic (exact) mass is 239 g/mol. The molecule has 0 aromatic rings. The van der Waals surface area contributed by atoms with Crippen LogP contribution >= 0.6 is 0 Å². The number of nitrogens with zero attached hydrogens (tertiary/aromatic N) is 1. The van der Waals surface area contributed by atoms with Gasteiger partial charge in [-0.3, -0.25) is 9.69 Å². The van der Waals surface area contributed by atoms with Crippen molar-refractivity contribution in [1.29, 1.82) is 0 Å². The summed E-state index contributed by atoms with van der Waals surface area (Å²) in [6, 6.07) is 1.17. The minimum Gasteiger partial charge on any atom is -0.350 e. The standard InChI is InChI=1S/C13H25N3O/c1-9(14)13(17)15-11-5-3-4-6-12(11)16(2)10-7-8-10/h9-12H,3-8,14H2,1-2H3,(H,15,17)/t9-,11+,12-/m0/s1. The first-order valence-electron chi connectivity index (χ1n) is 6.87. The van der Waals surface area contributed by atoms with E-state index >= 15 is 0 Å². The molecule has 0 aromatic heterocycles. The van der Waals surface area contributed by atoms with Crippen LogP contribution in [0.25, 0.3) is 0 Å². The fourth-order valence-corrected chi connectivity index (χ4v) is 2.83. The fraction of sp³-hybridized carbons (Fsp3) is 0.923. The van der Waals surface area contributed by atoms with Crippen LogP contribution in [0.5, 0.6) is 0 Å². The van der Waals surface area contributed by atoms with Crippen LogP contribution in [0.1, 0.15) is 45.4 Å². The highest BCUT2D eigenvalue weighted by Gasteiger charge is 2.36. The topological polar surface area (TPSA) is 58.4 Å². The molecule has 0 unspecified atom stereocenters.